The second-order valence-electron chi connectivity index (χ2n) is 4.21. The number of piperidine rings is 1. The Morgan fingerprint density at radius 2 is 2.22 bits per heavy atom. The maximum atomic E-state index is 13.5. The van der Waals surface area contributed by atoms with Gasteiger partial charge < -0.3 is 10.6 Å². The minimum absolute atomic E-state index is 0.126. The molecular weight excluding hydrogens is 240 g/mol. The summed E-state index contributed by atoms with van der Waals surface area (Å²) in [7, 11) is 0. The van der Waals surface area contributed by atoms with E-state index in [1.54, 1.807) is 0 Å². The summed E-state index contributed by atoms with van der Waals surface area (Å²) < 4.78 is 27.0. The van der Waals surface area contributed by atoms with Gasteiger partial charge in [-0.3, -0.25) is 0 Å². The number of alkyl halides is 2. The van der Waals surface area contributed by atoms with E-state index < -0.39 is 11.8 Å². The highest BCUT2D eigenvalue weighted by molar-refractivity contribution is 5.30. The molecule has 1 aromatic heterocycles. The molecule has 7 heteroatoms. The van der Waals surface area contributed by atoms with Crippen LogP contribution in [-0.2, 0) is 0 Å². The van der Waals surface area contributed by atoms with Gasteiger partial charge in [-0.25, -0.2) is 18.7 Å². The van der Waals surface area contributed by atoms with Crippen molar-refractivity contribution < 1.29 is 8.78 Å². The lowest BCUT2D eigenvalue weighted by Gasteiger charge is -2.31. The van der Waals surface area contributed by atoms with Gasteiger partial charge in [0.1, 0.15) is 6.07 Å². The minimum atomic E-state index is -2.71. The number of nitrogens with one attached hydrogen (secondary N) is 2. The molecule has 0 bridgehead atoms. The van der Waals surface area contributed by atoms with Gasteiger partial charge in [0.15, 0.2) is 0 Å². The van der Waals surface area contributed by atoms with E-state index in [4.69, 9.17) is 5.26 Å². The highest BCUT2D eigenvalue weighted by Crippen LogP contribution is 2.29. The number of anilines is 1. The van der Waals surface area contributed by atoms with E-state index in [0.717, 1.165) is 0 Å². The van der Waals surface area contributed by atoms with E-state index in [9.17, 15) is 8.78 Å². The standard InChI is InChI=1S/C11H13F2N5/c12-11(13)7-15-2-1-9(11)6-18-10-16-4-8(3-14)5-17-10/h4-5,9,15H,1-2,6-7H2,(H,16,17,18)/t9-/m1/s1. The van der Waals surface area contributed by atoms with Crippen LogP contribution in [0.3, 0.4) is 0 Å². The second-order valence-corrected chi connectivity index (χ2v) is 4.21. The van der Waals surface area contributed by atoms with Gasteiger partial charge in [-0.15, -0.1) is 0 Å². The van der Waals surface area contributed by atoms with E-state index in [2.05, 4.69) is 20.6 Å². The Kier molecular flexibility index (Phi) is 3.67. The van der Waals surface area contributed by atoms with Crippen LogP contribution < -0.4 is 10.6 Å². The van der Waals surface area contributed by atoms with Gasteiger partial charge in [0.25, 0.3) is 5.92 Å². The summed E-state index contributed by atoms with van der Waals surface area (Å²) in [6.07, 6.45) is 3.13. The molecule has 0 saturated carbocycles. The molecule has 0 aromatic carbocycles. The van der Waals surface area contributed by atoms with Gasteiger partial charge in [0.05, 0.1) is 24.5 Å². The summed E-state index contributed by atoms with van der Waals surface area (Å²) >= 11 is 0. The van der Waals surface area contributed by atoms with Crippen molar-refractivity contribution in [2.24, 2.45) is 5.92 Å². The monoisotopic (exact) mass is 253 g/mol. The maximum absolute atomic E-state index is 13.5. The van der Waals surface area contributed by atoms with Gasteiger partial charge in [-0.2, -0.15) is 5.26 Å². The molecule has 2 rings (SSSR count). The summed E-state index contributed by atoms with van der Waals surface area (Å²) in [5, 5.41) is 14.0. The number of hydrogen-bond donors (Lipinski definition) is 2. The SMILES string of the molecule is N#Cc1cnc(NC[C@H]2CCNCC2(F)F)nc1. The molecule has 1 saturated heterocycles. The van der Waals surface area contributed by atoms with Gasteiger partial charge in [-0.05, 0) is 13.0 Å². The van der Waals surface area contributed by atoms with Crippen LogP contribution in [0.4, 0.5) is 14.7 Å². The molecule has 2 N–H and O–H groups in total. The number of nitriles is 1. The van der Waals surface area contributed by atoms with E-state index in [-0.39, 0.29) is 19.0 Å². The Morgan fingerprint density at radius 3 is 2.83 bits per heavy atom. The third-order valence-corrected chi connectivity index (χ3v) is 2.92. The van der Waals surface area contributed by atoms with Crippen molar-refractivity contribution in [1.29, 1.82) is 5.26 Å². The quantitative estimate of drug-likeness (QED) is 0.840. The molecule has 1 aliphatic rings. The van der Waals surface area contributed by atoms with Crippen LogP contribution in [0.2, 0.25) is 0 Å². The Hall–Kier alpha value is -1.81. The first-order valence-corrected chi connectivity index (χ1v) is 5.66. The van der Waals surface area contributed by atoms with Gasteiger partial charge in [0, 0.05) is 12.5 Å². The van der Waals surface area contributed by atoms with Gasteiger partial charge in [-0.1, -0.05) is 0 Å². The molecule has 0 amide bonds. The molecule has 1 fully saturated rings. The molecule has 0 spiro atoms. The number of halogens is 2. The van der Waals surface area contributed by atoms with Crippen molar-refractivity contribution >= 4 is 5.95 Å². The zero-order valence-electron chi connectivity index (χ0n) is 9.66. The fourth-order valence-corrected chi connectivity index (χ4v) is 1.83. The fourth-order valence-electron chi connectivity index (χ4n) is 1.83. The molecule has 2 heterocycles. The van der Waals surface area contributed by atoms with Crippen LogP contribution in [0.15, 0.2) is 12.4 Å². The lowest BCUT2D eigenvalue weighted by Crippen LogP contribution is -2.48. The largest absolute Gasteiger partial charge is 0.354 e. The number of aromatic nitrogens is 2. The van der Waals surface area contributed by atoms with E-state index in [0.29, 0.717) is 18.5 Å². The normalized spacial score (nSPS) is 22.2. The van der Waals surface area contributed by atoms with Crippen molar-refractivity contribution in [3.8, 4) is 6.07 Å². The zero-order chi connectivity index (χ0) is 13.0. The van der Waals surface area contributed by atoms with E-state index >= 15 is 0 Å². The van der Waals surface area contributed by atoms with Crippen molar-refractivity contribution in [3.05, 3.63) is 18.0 Å². The molecule has 0 aliphatic carbocycles. The summed E-state index contributed by atoms with van der Waals surface area (Å²) in [6, 6.07) is 1.89. The van der Waals surface area contributed by atoms with Crippen molar-refractivity contribution in [2.45, 2.75) is 12.3 Å². The third kappa shape index (κ3) is 2.90. The minimum Gasteiger partial charge on any atom is -0.354 e. The topological polar surface area (TPSA) is 73.6 Å². The van der Waals surface area contributed by atoms with Gasteiger partial charge >= 0.3 is 0 Å². The highest BCUT2D eigenvalue weighted by atomic mass is 19.3. The van der Waals surface area contributed by atoms with Crippen molar-refractivity contribution in [2.75, 3.05) is 25.0 Å². The van der Waals surface area contributed by atoms with Crippen LogP contribution >= 0.6 is 0 Å². The summed E-state index contributed by atoms with van der Waals surface area (Å²) in [4.78, 5) is 7.75. The van der Waals surface area contributed by atoms with Crippen LogP contribution in [0.1, 0.15) is 12.0 Å². The van der Waals surface area contributed by atoms with Crippen molar-refractivity contribution in [3.63, 3.8) is 0 Å². The smallest absolute Gasteiger partial charge is 0.264 e. The van der Waals surface area contributed by atoms with Crippen molar-refractivity contribution in [1.82, 2.24) is 15.3 Å². The van der Waals surface area contributed by atoms with Crippen LogP contribution in [0.5, 0.6) is 0 Å². The fraction of sp³-hybridized carbons (Fsp3) is 0.545. The number of rotatable bonds is 3. The molecule has 1 aliphatic heterocycles. The molecule has 18 heavy (non-hydrogen) atoms. The average Bonchev–Trinajstić information content (AvgIpc) is 2.38. The molecule has 0 unspecified atom stereocenters. The molecular formula is C11H13F2N5. The number of nitrogens with zero attached hydrogens (tertiary/aromatic N) is 3. The zero-order valence-corrected chi connectivity index (χ0v) is 9.66. The summed E-state index contributed by atoms with van der Waals surface area (Å²) in [5.41, 5.74) is 0.341. The predicted molar refractivity (Wildman–Crippen MR) is 61.2 cm³/mol. The first kappa shape index (κ1) is 12.6. The molecule has 5 nitrogen and oxygen atoms in total. The maximum Gasteiger partial charge on any atom is 0.264 e. The summed E-state index contributed by atoms with van der Waals surface area (Å²) in [5.74, 6) is -3.17. The van der Waals surface area contributed by atoms with E-state index in [1.165, 1.54) is 12.4 Å². The molecule has 96 valence electrons. The first-order chi connectivity index (χ1) is 8.62. The summed E-state index contributed by atoms with van der Waals surface area (Å²) in [6.45, 7) is 0.435. The van der Waals surface area contributed by atoms with Crippen LogP contribution in [0, 0.1) is 17.2 Å². The second kappa shape index (κ2) is 5.23. The lowest BCUT2D eigenvalue weighted by molar-refractivity contribution is -0.0678. The molecule has 0 radical (unpaired) electrons. The molecule has 1 aromatic rings. The molecule has 1 atom stereocenters. The lowest BCUT2D eigenvalue weighted by atomic mass is 9.94. The van der Waals surface area contributed by atoms with E-state index in [1.807, 2.05) is 6.07 Å². The Morgan fingerprint density at radius 1 is 1.50 bits per heavy atom. The Balaban J connectivity index is 1.92. The van der Waals surface area contributed by atoms with Gasteiger partial charge in [0.2, 0.25) is 5.95 Å². The average molecular weight is 253 g/mol. The number of hydrogen-bond acceptors (Lipinski definition) is 5. The van der Waals surface area contributed by atoms with Crippen LogP contribution in [0.25, 0.3) is 0 Å². The Bertz CT molecular complexity index is 440. The van der Waals surface area contributed by atoms with Crippen LogP contribution in [-0.4, -0.2) is 35.5 Å². The Labute approximate surface area is 103 Å². The highest BCUT2D eigenvalue weighted by Gasteiger charge is 2.41. The third-order valence-electron chi connectivity index (χ3n) is 2.92. The predicted octanol–water partition coefficient (Wildman–Crippen LogP) is 1.00. The first-order valence-electron chi connectivity index (χ1n) is 5.66.